The number of hydrogen-bond donors (Lipinski definition) is 1. The maximum atomic E-state index is 13.0. The van der Waals surface area contributed by atoms with Crippen molar-refractivity contribution in [1.29, 1.82) is 0 Å². The van der Waals surface area contributed by atoms with Crippen molar-refractivity contribution in [1.82, 2.24) is 15.3 Å². The molecule has 0 bridgehead atoms. The second kappa shape index (κ2) is 7.32. The molecule has 5 nitrogen and oxygen atoms in total. The maximum Gasteiger partial charge on any atom is 0.251 e. The molecular formula is C20H15ClFN3O2. The van der Waals surface area contributed by atoms with Gasteiger partial charge in [0.05, 0.1) is 23.5 Å². The van der Waals surface area contributed by atoms with E-state index in [0.717, 1.165) is 16.8 Å². The van der Waals surface area contributed by atoms with Crippen molar-refractivity contribution in [3.05, 3.63) is 77.0 Å². The molecule has 3 aromatic rings. The van der Waals surface area contributed by atoms with Crippen molar-refractivity contribution >= 4 is 17.5 Å². The molecule has 1 aromatic heterocycles. The number of carbonyl (C=O) groups excluding carboxylic acids is 1. The van der Waals surface area contributed by atoms with E-state index in [9.17, 15) is 9.18 Å². The lowest BCUT2D eigenvalue weighted by Gasteiger charge is -2.12. The van der Waals surface area contributed by atoms with E-state index in [1.807, 2.05) is 6.07 Å². The van der Waals surface area contributed by atoms with Crippen LogP contribution < -0.4 is 10.1 Å². The third kappa shape index (κ3) is 3.75. The van der Waals surface area contributed by atoms with Crippen LogP contribution in [0.4, 0.5) is 4.39 Å². The Morgan fingerprint density at radius 2 is 2.07 bits per heavy atom. The van der Waals surface area contributed by atoms with Gasteiger partial charge in [-0.25, -0.2) is 4.39 Å². The highest BCUT2D eigenvalue weighted by atomic mass is 35.5. The molecule has 1 atom stereocenters. The highest BCUT2D eigenvalue weighted by Gasteiger charge is 2.26. The zero-order valence-electron chi connectivity index (χ0n) is 14.2. The zero-order chi connectivity index (χ0) is 18.8. The van der Waals surface area contributed by atoms with Gasteiger partial charge < -0.3 is 10.1 Å². The van der Waals surface area contributed by atoms with Crippen LogP contribution in [0.2, 0.25) is 5.02 Å². The Kier molecular flexibility index (Phi) is 4.73. The zero-order valence-corrected chi connectivity index (χ0v) is 14.9. The van der Waals surface area contributed by atoms with Gasteiger partial charge >= 0.3 is 0 Å². The number of rotatable bonds is 4. The van der Waals surface area contributed by atoms with Crippen molar-refractivity contribution in [3.8, 4) is 17.0 Å². The van der Waals surface area contributed by atoms with E-state index >= 15 is 0 Å². The monoisotopic (exact) mass is 383 g/mol. The van der Waals surface area contributed by atoms with Gasteiger partial charge in [-0.2, -0.15) is 0 Å². The quantitative estimate of drug-likeness (QED) is 0.746. The molecule has 1 N–H and O–H groups in total. The fourth-order valence-electron chi connectivity index (χ4n) is 3.01. The van der Waals surface area contributed by atoms with E-state index < -0.39 is 0 Å². The van der Waals surface area contributed by atoms with Gasteiger partial charge in [0.2, 0.25) is 0 Å². The third-order valence-electron chi connectivity index (χ3n) is 4.31. The molecule has 0 saturated carbocycles. The average molecular weight is 384 g/mol. The molecule has 0 fully saturated rings. The molecule has 1 aliphatic heterocycles. The van der Waals surface area contributed by atoms with E-state index in [1.165, 1.54) is 24.3 Å². The molecule has 2 heterocycles. The van der Waals surface area contributed by atoms with Crippen LogP contribution in [0.15, 0.2) is 55.0 Å². The Bertz CT molecular complexity index is 981. The average Bonchev–Trinajstić information content (AvgIpc) is 3.11. The fourth-order valence-corrected chi connectivity index (χ4v) is 3.29. The Morgan fingerprint density at radius 3 is 2.81 bits per heavy atom. The summed E-state index contributed by atoms with van der Waals surface area (Å²) in [5.41, 5.74) is 2.96. The molecule has 7 heteroatoms. The van der Waals surface area contributed by atoms with E-state index in [1.54, 1.807) is 24.7 Å². The number of nitrogens with one attached hydrogen (secondary N) is 1. The number of hydrogen-bond acceptors (Lipinski definition) is 4. The highest BCUT2D eigenvalue weighted by molar-refractivity contribution is 6.32. The first-order valence-corrected chi connectivity index (χ1v) is 8.77. The van der Waals surface area contributed by atoms with Crippen LogP contribution in [0, 0.1) is 5.82 Å². The van der Waals surface area contributed by atoms with E-state index in [0.29, 0.717) is 29.3 Å². The SMILES string of the molecule is O=C(NCC1Cc2cc(-c3cnccn3)cc(Cl)c2O1)c1ccc(F)cc1. The van der Waals surface area contributed by atoms with Crippen molar-refractivity contribution in [2.45, 2.75) is 12.5 Å². The van der Waals surface area contributed by atoms with Crippen LogP contribution in [-0.2, 0) is 6.42 Å². The maximum absolute atomic E-state index is 13.0. The number of aromatic nitrogens is 2. The predicted molar refractivity (Wildman–Crippen MR) is 99.3 cm³/mol. The summed E-state index contributed by atoms with van der Waals surface area (Å²) in [6.07, 6.45) is 5.31. The van der Waals surface area contributed by atoms with Gasteiger partial charge in [-0.15, -0.1) is 0 Å². The van der Waals surface area contributed by atoms with Gasteiger partial charge in [0, 0.05) is 35.5 Å². The Hall–Kier alpha value is -2.99. The number of ether oxygens (including phenoxy) is 1. The largest absolute Gasteiger partial charge is 0.486 e. The van der Waals surface area contributed by atoms with E-state index in [-0.39, 0.29) is 17.8 Å². The van der Waals surface area contributed by atoms with Crippen LogP contribution >= 0.6 is 11.6 Å². The normalized spacial score (nSPS) is 15.1. The van der Waals surface area contributed by atoms with Crippen molar-refractivity contribution in [2.24, 2.45) is 0 Å². The van der Waals surface area contributed by atoms with Crippen LogP contribution in [0.1, 0.15) is 15.9 Å². The highest BCUT2D eigenvalue weighted by Crippen LogP contribution is 2.39. The molecule has 0 spiro atoms. The summed E-state index contributed by atoms with van der Waals surface area (Å²) < 4.78 is 18.8. The standard InChI is InChI=1S/C20H15ClFN3O2/c21-17-9-13(18-11-23-5-6-24-18)7-14-8-16(27-19(14)17)10-25-20(26)12-1-3-15(22)4-2-12/h1-7,9,11,16H,8,10H2,(H,25,26). The summed E-state index contributed by atoms with van der Waals surface area (Å²) >= 11 is 6.37. The third-order valence-corrected chi connectivity index (χ3v) is 4.59. The molecule has 1 unspecified atom stereocenters. The summed E-state index contributed by atoms with van der Waals surface area (Å²) in [5.74, 6) is -0.0269. The predicted octanol–water partition coefficient (Wildman–Crippen LogP) is 3.67. The lowest BCUT2D eigenvalue weighted by atomic mass is 10.0. The minimum atomic E-state index is -0.380. The molecule has 1 amide bonds. The minimum Gasteiger partial charge on any atom is -0.486 e. The number of amides is 1. The molecule has 1 aliphatic rings. The molecule has 2 aromatic carbocycles. The second-order valence-electron chi connectivity index (χ2n) is 6.20. The number of benzene rings is 2. The Balaban J connectivity index is 1.44. The van der Waals surface area contributed by atoms with E-state index in [2.05, 4.69) is 15.3 Å². The molecule has 0 saturated heterocycles. The first-order chi connectivity index (χ1) is 13.1. The van der Waals surface area contributed by atoms with Crippen LogP contribution in [-0.4, -0.2) is 28.5 Å². The number of carbonyl (C=O) groups is 1. The van der Waals surface area contributed by atoms with Crippen LogP contribution in [0.5, 0.6) is 5.75 Å². The first kappa shape index (κ1) is 17.4. The molecule has 136 valence electrons. The number of fused-ring (bicyclic) bond motifs is 1. The van der Waals surface area contributed by atoms with Gasteiger partial charge in [0.25, 0.3) is 5.91 Å². The number of halogens is 2. The van der Waals surface area contributed by atoms with Gasteiger partial charge in [-0.3, -0.25) is 14.8 Å². The van der Waals surface area contributed by atoms with Crippen molar-refractivity contribution < 1.29 is 13.9 Å². The molecule has 0 radical (unpaired) electrons. The summed E-state index contributed by atoms with van der Waals surface area (Å²) in [6.45, 7) is 0.321. The second-order valence-corrected chi connectivity index (χ2v) is 6.61. The topological polar surface area (TPSA) is 64.1 Å². The van der Waals surface area contributed by atoms with Crippen molar-refractivity contribution in [2.75, 3.05) is 6.54 Å². The summed E-state index contributed by atoms with van der Waals surface area (Å²) in [4.78, 5) is 20.5. The first-order valence-electron chi connectivity index (χ1n) is 8.39. The lowest BCUT2D eigenvalue weighted by molar-refractivity contribution is 0.0933. The van der Waals surface area contributed by atoms with Gasteiger partial charge in [0.1, 0.15) is 17.7 Å². The van der Waals surface area contributed by atoms with Gasteiger partial charge in [-0.1, -0.05) is 11.6 Å². The minimum absolute atomic E-state index is 0.223. The van der Waals surface area contributed by atoms with Crippen LogP contribution in [0.3, 0.4) is 0 Å². The molecule has 27 heavy (non-hydrogen) atoms. The smallest absolute Gasteiger partial charge is 0.251 e. The van der Waals surface area contributed by atoms with E-state index in [4.69, 9.17) is 16.3 Å². The van der Waals surface area contributed by atoms with Gasteiger partial charge in [0.15, 0.2) is 0 Å². The Labute approximate surface area is 160 Å². The van der Waals surface area contributed by atoms with Gasteiger partial charge in [-0.05, 0) is 36.4 Å². The number of nitrogens with zero attached hydrogens (tertiary/aromatic N) is 2. The summed E-state index contributed by atoms with van der Waals surface area (Å²) in [5, 5.41) is 3.31. The fraction of sp³-hybridized carbons (Fsp3) is 0.150. The summed E-state index contributed by atoms with van der Waals surface area (Å²) in [6, 6.07) is 9.17. The Morgan fingerprint density at radius 1 is 1.26 bits per heavy atom. The molecule has 4 rings (SSSR count). The lowest BCUT2D eigenvalue weighted by Crippen LogP contribution is -2.34. The molecular weight excluding hydrogens is 369 g/mol. The summed E-state index contributed by atoms with van der Waals surface area (Å²) in [7, 11) is 0. The molecule has 0 aliphatic carbocycles. The van der Waals surface area contributed by atoms with Crippen LogP contribution in [0.25, 0.3) is 11.3 Å². The van der Waals surface area contributed by atoms with Crippen molar-refractivity contribution in [3.63, 3.8) is 0 Å².